The quantitative estimate of drug-likeness (QED) is 0.158. The largest absolute Gasteiger partial charge is 0.310 e. The van der Waals surface area contributed by atoms with Crippen molar-refractivity contribution in [1.29, 1.82) is 0 Å². The van der Waals surface area contributed by atoms with Crippen LogP contribution in [0.4, 0.5) is 17.1 Å². The first-order valence-electron chi connectivity index (χ1n) is 20.4. The minimum Gasteiger partial charge on any atom is -0.310 e. The van der Waals surface area contributed by atoms with Gasteiger partial charge in [0.2, 0.25) is 0 Å². The highest BCUT2D eigenvalue weighted by atomic mass is 15.1. The van der Waals surface area contributed by atoms with Crippen LogP contribution in [-0.2, 0) is 10.8 Å². The molecule has 0 spiro atoms. The van der Waals surface area contributed by atoms with Gasteiger partial charge in [-0.25, -0.2) is 0 Å². The minimum absolute atomic E-state index is 0.0583. The summed E-state index contributed by atoms with van der Waals surface area (Å²) in [6.07, 6.45) is 6.25. The molecular formula is C55H47N. The highest BCUT2D eigenvalue weighted by molar-refractivity contribution is 5.97. The highest BCUT2D eigenvalue weighted by Crippen LogP contribution is 2.54. The first-order chi connectivity index (χ1) is 27.5. The molecule has 2 aliphatic carbocycles. The smallest absolute Gasteiger partial charge is 0.0465 e. The number of benzene rings is 8. The van der Waals surface area contributed by atoms with Gasteiger partial charge in [-0.3, -0.25) is 0 Å². The van der Waals surface area contributed by atoms with E-state index in [-0.39, 0.29) is 10.8 Å². The van der Waals surface area contributed by atoms with Crippen molar-refractivity contribution in [2.45, 2.75) is 56.8 Å². The van der Waals surface area contributed by atoms with Crippen molar-refractivity contribution in [3.63, 3.8) is 0 Å². The van der Waals surface area contributed by atoms with Gasteiger partial charge in [-0.15, -0.1) is 0 Å². The Morgan fingerprint density at radius 1 is 0.411 bits per heavy atom. The van der Waals surface area contributed by atoms with Gasteiger partial charge in [0.15, 0.2) is 0 Å². The maximum atomic E-state index is 2.46. The second kappa shape index (κ2) is 13.8. The fourth-order valence-electron chi connectivity index (χ4n) is 10.1. The Kier molecular flexibility index (Phi) is 8.48. The fourth-order valence-corrected chi connectivity index (χ4v) is 10.1. The number of rotatable bonds is 7. The monoisotopic (exact) mass is 721 g/mol. The van der Waals surface area contributed by atoms with Crippen LogP contribution in [0, 0.1) is 0 Å². The van der Waals surface area contributed by atoms with Gasteiger partial charge in [0.05, 0.1) is 0 Å². The second-order valence-corrected chi connectivity index (χ2v) is 16.4. The molecule has 0 saturated heterocycles. The minimum atomic E-state index is -0.151. The topological polar surface area (TPSA) is 3.24 Å². The van der Waals surface area contributed by atoms with E-state index in [1.54, 1.807) is 0 Å². The lowest BCUT2D eigenvalue weighted by atomic mass is 9.65. The zero-order valence-corrected chi connectivity index (χ0v) is 32.4. The molecule has 1 heteroatoms. The zero-order valence-electron chi connectivity index (χ0n) is 32.4. The Hall–Kier alpha value is -6.18. The normalized spacial score (nSPS) is 15.2. The molecule has 10 rings (SSSR count). The molecule has 0 radical (unpaired) electrons. The van der Waals surface area contributed by atoms with Gasteiger partial charge in [-0.1, -0.05) is 185 Å². The van der Waals surface area contributed by atoms with Crippen LogP contribution in [0.2, 0.25) is 0 Å². The third kappa shape index (κ3) is 5.68. The summed E-state index contributed by atoms with van der Waals surface area (Å²) in [4.78, 5) is 2.46. The first-order valence-corrected chi connectivity index (χ1v) is 20.4. The van der Waals surface area contributed by atoms with Crippen molar-refractivity contribution in [2.75, 3.05) is 4.90 Å². The molecule has 8 aromatic carbocycles. The number of anilines is 3. The van der Waals surface area contributed by atoms with Gasteiger partial charge < -0.3 is 4.90 Å². The molecule has 0 atom stereocenters. The van der Waals surface area contributed by atoms with Crippen molar-refractivity contribution in [3.05, 3.63) is 210 Å². The van der Waals surface area contributed by atoms with Gasteiger partial charge in [-0.05, 0) is 116 Å². The number of hydrogen-bond acceptors (Lipinski definition) is 1. The lowest BCUT2D eigenvalue weighted by Gasteiger charge is -2.39. The molecule has 0 unspecified atom stereocenters. The maximum Gasteiger partial charge on any atom is 0.0465 e. The average Bonchev–Trinajstić information content (AvgIpc) is 3.50. The molecule has 0 aliphatic heterocycles. The molecule has 0 aromatic heterocycles. The molecular weight excluding hydrogens is 675 g/mol. The predicted octanol–water partition coefficient (Wildman–Crippen LogP) is 15.2. The fraction of sp³-hybridized carbons (Fsp3) is 0.164. The summed E-state index contributed by atoms with van der Waals surface area (Å²) in [6.45, 7) is 4.78. The van der Waals surface area contributed by atoms with Gasteiger partial charge in [-0.2, -0.15) is 0 Å². The lowest BCUT2D eigenvalue weighted by Crippen LogP contribution is -2.30. The van der Waals surface area contributed by atoms with Gasteiger partial charge in [0.25, 0.3) is 0 Å². The molecule has 8 aromatic rings. The molecule has 1 nitrogen and oxygen atoms in total. The predicted molar refractivity (Wildman–Crippen MR) is 237 cm³/mol. The molecule has 56 heavy (non-hydrogen) atoms. The van der Waals surface area contributed by atoms with E-state index in [9.17, 15) is 0 Å². The molecule has 2 aliphatic rings. The third-order valence-corrected chi connectivity index (χ3v) is 13.0. The number of fused-ring (bicyclic) bond motifs is 4. The van der Waals surface area contributed by atoms with Crippen LogP contribution < -0.4 is 4.90 Å². The number of nitrogens with zero attached hydrogens (tertiary/aromatic N) is 1. The summed E-state index contributed by atoms with van der Waals surface area (Å²) in [7, 11) is 0. The first kappa shape index (κ1) is 34.3. The maximum absolute atomic E-state index is 2.46. The van der Waals surface area contributed by atoms with Crippen LogP contribution in [0.3, 0.4) is 0 Å². The molecule has 0 heterocycles. The van der Waals surface area contributed by atoms with Crippen LogP contribution in [0.1, 0.15) is 68.2 Å². The summed E-state index contributed by atoms with van der Waals surface area (Å²) < 4.78 is 0. The molecule has 0 N–H and O–H groups in total. The second-order valence-electron chi connectivity index (χ2n) is 16.4. The van der Waals surface area contributed by atoms with E-state index in [4.69, 9.17) is 0 Å². The van der Waals surface area contributed by atoms with Crippen molar-refractivity contribution in [2.24, 2.45) is 0 Å². The summed E-state index contributed by atoms with van der Waals surface area (Å²) in [5, 5.41) is 2.54. The van der Waals surface area contributed by atoms with Crippen molar-refractivity contribution in [1.82, 2.24) is 0 Å². The lowest BCUT2D eigenvalue weighted by molar-refractivity contribution is 0.346. The molecule has 272 valence electrons. The van der Waals surface area contributed by atoms with E-state index < -0.39 is 0 Å². The van der Waals surface area contributed by atoms with Crippen molar-refractivity contribution < 1.29 is 0 Å². The molecule has 1 fully saturated rings. The summed E-state index contributed by atoms with van der Waals surface area (Å²) in [6, 6.07) is 70.2. The Balaban J connectivity index is 1.10. The van der Waals surface area contributed by atoms with E-state index in [2.05, 4.69) is 207 Å². The van der Waals surface area contributed by atoms with E-state index in [0.29, 0.717) is 0 Å². The standard InChI is InChI=1S/C55H47N/c1-54(2)51-25-15-24-49(40-16-6-3-7-17-40)53(51)50-35-34-46(38-52(50)54)56(44-30-26-41(27-31-44)48-23-14-19-39-18-10-11-22-47(39)48)45-32-28-43(29-33-45)55(36-12-5-13-37-55)42-20-8-4-9-21-42/h3-4,6-11,14-35,38H,5,12-13,36-37H2,1-2H3. The van der Waals surface area contributed by atoms with Crippen LogP contribution in [0.25, 0.3) is 44.2 Å². The van der Waals surface area contributed by atoms with E-state index in [1.165, 1.54) is 110 Å². The average molecular weight is 722 g/mol. The van der Waals surface area contributed by atoms with E-state index in [0.717, 1.165) is 5.69 Å². The SMILES string of the molecule is CC1(C)c2cc(N(c3ccc(-c4cccc5ccccc45)cc3)c3ccc(C4(c5ccccc5)CCCCC4)cc3)ccc2-c2c(-c3ccccc3)cccc21. The Labute approximate surface area is 331 Å². The van der Waals surface area contributed by atoms with Crippen LogP contribution >= 0.6 is 0 Å². The highest BCUT2D eigenvalue weighted by Gasteiger charge is 2.38. The summed E-state index contributed by atoms with van der Waals surface area (Å²) in [5.74, 6) is 0. The molecule has 0 amide bonds. The van der Waals surface area contributed by atoms with Crippen molar-refractivity contribution in [3.8, 4) is 33.4 Å². The zero-order chi connectivity index (χ0) is 37.7. The van der Waals surface area contributed by atoms with Gasteiger partial charge >= 0.3 is 0 Å². The summed E-state index contributed by atoms with van der Waals surface area (Å²) >= 11 is 0. The Bertz CT molecular complexity index is 2660. The van der Waals surface area contributed by atoms with Gasteiger partial charge in [0, 0.05) is 27.9 Å². The van der Waals surface area contributed by atoms with E-state index >= 15 is 0 Å². The van der Waals surface area contributed by atoms with Gasteiger partial charge in [0.1, 0.15) is 0 Å². The van der Waals surface area contributed by atoms with Crippen molar-refractivity contribution >= 4 is 27.8 Å². The Morgan fingerprint density at radius 3 is 1.73 bits per heavy atom. The van der Waals surface area contributed by atoms with Crippen LogP contribution in [0.15, 0.2) is 188 Å². The number of hydrogen-bond donors (Lipinski definition) is 0. The molecule has 0 bridgehead atoms. The van der Waals surface area contributed by atoms with Crippen LogP contribution in [-0.4, -0.2) is 0 Å². The summed E-state index contributed by atoms with van der Waals surface area (Å²) in [5.41, 5.74) is 16.8. The third-order valence-electron chi connectivity index (χ3n) is 13.0. The molecule has 1 saturated carbocycles. The van der Waals surface area contributed by atoms with Crippen LogP contribution in [0.5, 0.6) is 0 Å². The Morgan fingerprint density at radius 2 is 0.982 bits per heavy atom. The van der Waals surface area contributed by atoms with E-state index in [1.807, 2.05) is 0 Å².